The van der Waals surface area contributed by atoms with Gasteiger partial charge < -0.3 is 11.1 Å². The van der Waals surface area contributed by atoms with Gasteiger partial charge in [0, 0.05) is 18.2 Å². The van der Waals surface area contributed by atoms with Gasteiger partial charge >= 0.3 is 0 Å². The Balaban J connectivity index is 0.00000180. The van der Waals surface area contributed by atoms with E-state index in [1.54, 1.807) is 0 Å². The highest BCUT2D eigenvalue weighted by Crippen LogP contribution is 2.27. The second-order valence-electron chi connectivity index (χ2n) is 5.21. The van der Waals surface area contributed by atoms with Crippen LogP contribution in [0.25, 0.3) is 0 Å². The number of carbonyl (C=O) groups is 1. The zero-order valence-corrected chi connectivity index (χ0v) is 12.2. The summed E-state index contributed by atoms with van der Waals surface area (Å²) in [6.07, 6.45) is 5.09. The molecule has 0 spiro atoms. The van der Waals surface area contributed by atoms with Crippen LogP contribution in [-0.2, 0) is 6.54 Å². The molecule has 0 heterocycles. The number of rotatable bonds is 4. The third-order valence-corrected chi connectivity index (χ3v) is 3.92. The molecule has 19 heavy (non-hydrogen) atoms. The fourth-order valence-corrected chi connectivity index (χ4v) is 2.66. The summed E-state index contributed by atoms with van der Waals surface area (Å²) in [7, 11) is 0. The van der Waals surface area contributed by atoms with Gasteiger partial charge in [0.1, 0.15) is 0 Å². The van der Waals surface area contributed by atoms with Gasteiger partial charge in [0.15, 0.2) is 0 Å². The molecule has 3 nitrogen and oxygen atoms in total. The first-order valence-corrected chi connectivity index (χ1v) is 6.80. The predicted octanol–water partition coefficient (Wildman–Crippen LogP) is 2.88. The van der Waals surface area contributed by atoms with Gasteiger partial charge in [0.25, 0.3) is 5.91 Å². The monoisotopic (exact) mass is 282 g/mol. The topological polar surface area (TPSA) is 55.1 Å². The first-order chi connectivity index (χ1) is 8.70. The van der Waals surface area contributed by atoms with Crippen molar-refractivity contribution in [1.29, 1.82) is 0 Å². The van der Waals surface area contributed by atoms with Crippen LogP contribution in [0.1, 0.15) is 48.5 Å². The number of amides is 1. The van der Waals surface area contributed by atoms with Gasteiger partial charge in [-0.25, -0.2) is 0 Å². The molecule has 1 saturated carbocycles. The lowest BCUT2D eigenvalue weighted by atomic mass is 9.99. The lowest BCUT2D eigenvalue weighted by Crippen LogP contribution is -2.37. The summed E-state index contributed by atoms with van der Waals surface area (Å²) < 4.78 is 0. The lowest BCUT2D eigenvalue weighted by Gasteiger charge is -2.20. The van der Waals surface area contributed by atoms with Crippen molar-refractivity contribution in [3.63, 3.8) is 0 Å². The van der Waals surface area contributed by atoms with E-state index in [1.165, 1.54) is 25.7 Å². The molecule has 1 aliphatic carbocycles. The van der Waals surface area contributed by atoms with E-state index in [4.69, 9.17) is 5.73 Å². The van der Waals surface area contributed by atoms with Crippen LogP contribution in [0.4, 0.5) is 0 Å². The highest BCUT2D eigenvalue weighted by Gasteiger charge is 2.22. The second kappa shape index (κ2) is 7.51. The molecule has 1 amide bonds. The van der Waals surface area contributed by atoms with Gasteiger partial charge in [0.05, 0.1) is 0 Å². The lowest BCUT2D eigenvalue weighted by molar-refractivity contribution is 0.0927. The van der Waals surface area contributed by atoms with Crippen molar-refractivity contribution in [1.82, 2.24) is 5.32 Å². The van der Waals surface area contributed by atoms with Crippen LogP contribution in [0.3, 0.4) is 0 Å². The van der Waals surface area contributed by atoms with E-state index in [2.05, 4.69) is 12.2 Å². The molecule has 2 rings (SSSR count). The maximum absolute atomic E-state index is 12.1. The quantitative estimate of drug-likeness (QED) is 0.892. The molecular formula is C15H23ClN2O. The maximum Gasteiger partial charge on any atom is 0.251 e. The average Bonchev–Trinajstić information content (AvgIpc) is 2.92. The number of halogens is 1. The van der Waals surface area contributed by atoms with Crippen molar-refractivity contribution >= 4 is 18.3 Å². The minimum absolute atomic E-state index is 0. The molecule has 0 radical (unpaired) electrons. The van der Waals surface area contributed by atoms with Crippen LogP contribution in [0, 0.1) is 5.92 Å². The molecule has 1 unspecified atom stereocenters. The highest BCUT2D eigenvalue weighted by molar-refractivity contribution is 5.94. The number of hydrogen-bond donors (Lipinski definition) is 2. The second-order valence-corrected chi connectivity index (χ2v) is 5.21. The Hall–Kier alpha value is -1.06. The Labute approximate surface area is 121 Å². The standard InChI is InChI=1S/C15H22N2O.ClH/c1-11(13-4-2-3-5-13)17-15(18)14-8-6-12(10-16)7-9-14;/h6-9,11,13H,2-5,10,16H2,1H3,(H,17,18);1H. The van der Waals surface area contributed by atoms with Crippen molar-refractivity contribution < 1.29 is 4.79 Å². The molecule has 1 aromatic carbocycles. The van der Waals surface area contributed by atoms with E-state index in [0.29, 0.717) is 12.5 Å². The van der Waals surface area contributed by atoms with Gasteiger partial charge in [-0.3, -0.25) is 4.79 Å². The van der Waals surface area contributed by atoms with Gasteiger partial charge in [-0.15, -0.1) is 12.4 Å². The molecule has 1 aliphatic rings. The number of benzene rings is 1. The van der Waals surface area contributed by atoms with Crippen LogP contribution < -0.4 is 11.1 Å². The summed E-state index contributed by atoms with van der Waals surface area (Å²) in [5.41, 5.74) is 7.31. The van der Waals surface area contributed by atoms with E-state index < -0.39 is 0 Å². The summed E-state index contributed by atoms with van der Waals surface area (Å²) in [5.74, 6) is 0.676. The average molecular weight is 283 g/mol. The highest BCUT2D eigenvalue weighted by atomic mass is 35.5. The van der Waals surface area contributed by atoms with Crippen molar-refractivity contribution in [3.05, 3.63) is 35.4 Å². The van der Waals surface area contributed by atoms with E-state index in [-0.39, 0.29) is 24.4 Å². The van der Waals surface area contributed by atoms with Gasteiger partial charge in [0.2, 0.25) is 0 Å². The van der Waals surface area contributed by atoms with E-state index >= 15 is 0 Å². The molecule has 4 heteroatoms. The molecular weight excluding hydrogens is 260 g/mol. The summed E-state index contributed by atoms with van der Waals surface area (Å²) in [5, 5.41) is 3.11. The summed E-state index contributed by atoms with van der Waals surface area (Å²) in [6.45, 7) is 2.63. The molecule has 0 aromatic heterocycles. The van der Waals surface area contributed by atoms with E-state index in [1.807, 2.05) is 24.3 Å². The molecule has 1 aromatic rings. The zero-order chi connectivity index (χ0) is 13.0. The molecule has 3 N–H and O–H groups in total. The Morgan fingerprint density at radius 2 is 1.89 bits per heavy atom. The Kier molecular flexibility index (Phi) is 6.32. The van der Waals surface area contributed by atoms with Crippen molar-refractivity contribution in [2.45, 2.75) is 45.2 Å². The Morgan fingerprint density at radius 1 is 1.32 bits per heavy atom. The Bertz CT molecular complexity index is 399. The summed E-state index contributed by atoms with van der Waals surface area (Å²) in [6, 6.07) is 7.79. The zero-order valence-electron chi connectivity index (χ0n) is 11.4. The van der Waals surface area contributed by atoms with Crippen LogP contribution >= 0.6 is 12.4 Å². The van der Waals surface area contributed by atoms with Crippen molar-refractivity contribution in [3.8, 4) is 0 Å². The fourth-order valence-electron chi connectivity index (χ4n) is 2.66. The minimum atomic E-state index is 0. The number of carbonyl (C=O) groups excluding carboxylic acids is 1. The van der Waals surface area contributed by atoms with Crippen LogP contribution in [0.15, 0.2) is 24.3 Å². The molecule has 1 fully saturated rings. The number of nitrogens with one attached hydrogen (secondary N) is 1. The third kappa shape index (κ3) is 4.22. The fraction of sp³-hybridized carbons (Fsp3) is 0.533. The molecule has 106 valence electrons. The maximum atomic E-state index is 12.1. The predicted molar refractivity (Wildman–Crippen MR) is 80.5 cm³/mol. The Morgan fingerprint density at radius 3 is 2.42 bits per heavy atom. The minimum Gasteiger partial charge on any atom is -0.349 e. The first kappa shape index (κ1) is 16.0. The van der Waals surface area contributed by atoms with Crippen LogP contribution in [-0.4, -0.2) is 11.9 Å². The smallest absolute Gasteiger partial charge is 0.251 e. The molecule has 0 saturated heterocycles. The normalized spacial score (nSPS) is 16.7. The number of nitrogens with two attached hydrogens (primary N) is 1. The van der Waals surface area contributed by atoms with Crippen LogP contribution in [0.2, 0.25) is 0 Å². The summed E-state index contributed by atoms with van der Waals surface area (Å²) >= 11 is 0. The first-order valence-electron chi connectivity index (χ1n) is 6.80. The molecule has 1 atom stereocenters. The molecule has 0 bridgehead atoms. The SMILES string of the molecule is CC(NC(=O)c1ccc(CN)cc1)C1CCCC1.Cl. The molecule has 0 aliphatic heterocycles. The van der Waals surface area contributed by atoms with Gasteiger partial charge in [-0.05, 0) is 43.4 Å². The van der Waals surface area contributed by atoms with Crippen molar-refractivity contribution in [2.24, 2.45) is 11.7 Å². The van der Waals surface area contributed by atoms with Gasteiger partial charge in [-0.2, -0.15) is 0 Å². The van der Waals surface area contributed by atoms with E-state index in [0.717, 1.165) is 11.1 Å². The van der Waals surface area contributed by atoms with Crippen molar-refractivity contribution in [2.75, 3.05) is 0 Å². The third-order valence-electron chi connectivity index (χ3n) is 3.92. The van der Waals surface area contributed by atoms with E-state index in [9.17, 15) is 4.79 Å². The summed E-state index contributed by atoms with van der Waals surface area (Å²) in [4.78, 5) is 12.1. The van der Waals surface area contributed by atoms with Crippen LogP contribution in [0.5, 0.6) is 0 Å². The largest absolute Gasteiger partial charge is 0.349 e. The van der Waals surface area contributed by atoms with Gasteiger partial charge in [-0.1, -0.05) is 25.0 Å². The number of hydrogen-bond acceptors (Lipinski definition) is 2.